The third kappa shape index (κ3) is 5.60. The molecule has 2 amide bonds. The summed E-state index contributed by atoms with van der Waals surface area (Å²) in [5.41, 5.74) is 0.195. The first-order chi connectivity index (χ1) is 8.39. The number of nitrogens with one attached hydrogen (secondary N) is 2. The predicted octanol–water partition coefficient (Wildman–Crippen LogP) is 0.168. The van der Waals surface area contributed by atoms with E-state index in [0.29, 0.717) is 6.54 Å². The molecule has 1 rings (SSSR count). The van der Waals surface area contributed by atoms with Crippen molar-refractivity contribution in [1.29, 1.82) is 0 Å². The molecule has 0 radical (unpaired) electrons. The van der Waals surface area contributed by atoms with E-state index in [2.05, 4.69) is 15.6 Å². The number of carbonyl (C=O) groups is 2. The van der Waals surface area contributed by atoms with Crippen LogP contribution in [0, 0.1) is 0 Å². The van der Waals surface area contributed by atoms with Crippen molar-refractivity contribution in [3.8, 4) is 0 Å². The van der Waals surface area contributed by atoms with Crippen molar-refractivity contribution in [2.45, 2.75) is 25.5 Å². The second-order valence-electron chi connectivity index (χ2n) is 4.07. The monoisotopic (exact) mass is 273 g/mol. The van der Waals surface area contributed by atoms with E-state index in [1.54, 1.807) is 11.7 Å². The SMILES string of the molecule is CC(O)(CNC(=O)NCc1cncs1)CC(=O)O. The summed E-state index contributed by atoms with van der Waals surface area (Å²) in [7, 11) is 0. The number of hydrogen-bond donors (Lipinski definition) is 4. The average molecular weight is 273 g/mol. The van der Waals surface area contributed by atoms with Crippen LogP contribution in [0.15, 0.2) is 11.7 Å². The fourth-order valence-corrected chi connectivity index (χ4v) is 1.75. The first kappa shape index (κ1) is 14.4. The molecule has 1 aromatic heterocycles. The van der Waals surface area contributed by atoms with Crippen LogP contribution in [0.4, 0.5) is 4.79 Å². The van der Waals surface area contributed by atoms with Crippen LogP contribution in [0.25, 0.3) is 0 Å². The van der Waals surface area contributed by atoms with E-state index < -0.39 is 24.0 Å². The quantitative estimate of drug-likeness (QED) is 0.590. The van der Waals surface area contributed by atoms with Gasteiger partial charge in [-0.05, 0) is 6.92 Å². The average Bonchev–Trinajstić information content (AvgIpc) is 2.74. The minimum Gasteiger partial charge on any atom is -0.481 e. The first-order valence-corrected chi connectivity index (χ1v) is 6.10. The van der Waals surface area contributed by atoms with Gasteiger partial charge in [0, 0.05) is 17.6 Å². The summed E-state index contributed by atoms with van der Waals surface area (Å²) < 4.78 is 0. The number of amides is 2. The highest BCUT2D eigenvalue weighted by Gasteiger charge is 2.24. The van der Waals surface area contributed by atoms with Crippen LogP contribution in [0.3, 0.4) is 0 Å². The third-order valence-corrected chi connectivity index (χ3v) is 2.85. The minimum absolute atomic E-state index is 0.131. The van der Waals surface area contributed by atoms with Gasteiger partial charge in [-0.15, -0.1) is 11.3 Å². The number of carbonyl (C=O) groups excluding carboxylic acids is 1. The molecule has 0 spiro atoms. The van der Waals surface area contributed by atoms with Gasteiger partial charge in [-0.3, -0.25) is 9.78 Å². The number of aromatic nitrogens is 1. The summed E-state index contributed by atoms with van der Waals surface area (Å²) in [6.45, 7) is 1.57. The van der Waals surface area contributed by atoms with Crippen LogP contribution >= 0.6 is 11.3 Å². The van der Waals surface area contributed by atoms with E-state index in [0.717, 1.165) is 4.88 Å². The van der Waals surface area contributed by atoms with E-state index in [-0.39, 0.29) is 6.54 Å². The smallest absolute Gasteiger partial charge is 0.315 e. The van der Waals surface area contributed by atoms with Crippen molar-refractivity contribution in [2.24, 2.45) is 0 Å². The maximum atomic E-state index is 11.4. The lowest BCUT2D eigenvalue weighted by atomic mass is 10.0. The number of nitrogens with zero attached hydrogens (tertiary/aromatic N) is 1. The van der Waals surface area contributed by atoms with Crippen molar-refractivity contribution in [3.05, 3.63) is 16.6 Å². The normalized spacial score (nSPS) is 13.7. The Balaban J connectivity index is 2.26. The lowest BCUT2D eigenvalue weighted by molar-refractivity contribution is -0.141. The number of hydrogen-bond acceptors (Lipinski definition) is 5. The number of rotatable bonds is 6. The fraction of sp³-hybridized carbons (Fsp3) is 0.500. The van der Waals surface area contributed by atoms with Crippen LogP contribution in [-0.2, 0) is 11.3 Å². The van der Waals surface area contributed by atoms with E-state index >= 15 is 0 Å². The van der Waals surface area contributed by atoms with Gasteiger partial charge in [0.2, 0.25) is 0 Å². The molecule has 0 fully saturated rings. The molecular formula is C10H15N3O4S. The molecule has 0 bridgehead atoms. The zero-order chi connectivity index (χ0) is 13.6. The van der Waals surface area contributed by atoms with Gasteiger partial charge in [-0.25, -0.2) is 4.79 Å². The van der Waals surface area contributed by atoms with Crippen LogP contribution < -0.4 is 10.6 Å². The highest BCUT2D eigenvalue weighted by atomic mass is 32.1. The molecule has 1 unspecified atom stereocenters. The summed E-state index contributed by atoms with van der Waals surface area (Å²) >= 11 is 1.42. The maximum Gasteiger partial charge on any atom is 0.315 e. The van der Waals surface area contributed by atoms with Crippen molar-refractivity contribution in [2.75, 3.05) is 6.54 Å². The molecule has 1 atom stereocenters. The highest BCUT2D eigenvalue weighted by molar-refractivity contribution is 7.09. The van der Waals surface area contributed by atoms with Gasteiger partial charge < -0.3 is 20.8 Å². The topological polar surface area (TPSA) is 112 Å². The van der Waals surface area contributed by atoms with Crippen LogP contribution in [-0.4, -0.2) is 39.3 Å². The Hall–Kier alpha value is -1.67. The Morgan fingerprint density at radius 1 is 1.50 bits per heavy atom. The summed E-state index contributed by atoms with van der Waals surface area (Å²) in [6, 6.07) is -0.464. The predicted molar refractivity (Wildman–Crippen MR) is 65.2 cm³/mol. The second kappa shape index (κ2) is 6.31. The van der Waals surface area contributed by atoms with Crippen molar-refractivity contribution < 1.29 is 19.8 Å². The summed E-state index contributed by atoms with van der Waals surface area (Å²) in [5.74, 6) is -1.12. The van der Waals surface area contributed by atoms with Crippen LogP contribution in [0.1, 0.15) is 18.2 Å². The van der Waals surface area contributed by atoms with Gasteiger partial charge in [0.1, 0.15) is 0 Å². The van der Waals surface area contributed by atoms with Crippen LogP contribution in [0.2, 0.25) is 0 Å². The number of urea groups is 1. The minimum atomic E-state index is -1.46. The number of aliphatic hydroxyl groups is 1. The number of thiazole rings is 1. The molecule has 0 aliphatic carbocycles. The standard InChI is InChI=1S/C10H15N3O4S/c1-10(17,2-8(14)15)5-13-9(16)12-4-7-3-11-6-18-7/h3,6,17H,2,4-5H2,1H3,(H,14,15)(H2,12,13,16). The Morgan fingerprint density at radius 3 is 2.78 bits per heavy atom. The summed E-state index contributed by atoms with van der Waals surface area (Å²) in [6.07, 6.45) is 1.22. The molecule has 100 valence electrons. The molecule has 7 nitrogen and oxygen atoms in total. The molecule has 18 heavy (non-hydrogen) atoms. The molecule has 0 aliphatic rings. The van der Waals surface area contributed by atoms with Gasteiger partial charge in [-0.1, -0.05) is 0 Å². The third-order valence-electron chi connectivity index (χ3n) is 2.07. The molecule has 0 saturated carbocycles. The fourth-order valence-electron chi connectivity index (χ4n) is 1.22. The Morgan fingerprint density at radius 2 is 2.22 bits per heavy atom. The second-order valence-corrected chi connectivity index (χ2v) is 5.04. The molecule has 0 aromatic carbocycles. The van der Waals surface area contributed by atoms with Crippen molar-refractivity contribution in [1.82, 2.24) is 15.6 Å². The number of carboxylic acid groups (broad SMARTS) is 1. The first-order valence-electron chi connectivity index (χ1n) is 5.22. The lowest BCUT2D eigenvalue weighted by Crippen LogP contribution is -2.45. The molecule has 4 N–H and O–H groups in total. The highest BCUT2D eigenvalue weighted by Crippen LogP contribution is 2.07. The Labute approximate surface area is 108 Å². The lowest BCUT2D eigenvalue weighted by Gasteiger charge is -2.21. The van der Waals surface area contributed by atoms with Gasteiger partial charge in [0.25, 0.3) is 0 Å². The van der Waals surface area contributed by atoms with Gasteiger partial charge in [0.05, 0.1) is 24.1 Å². The molecule has 0 aliphatic heterocycles. The largest absolute Gasteiger partial charge is 0.481 e. The maximum absolute atomic E-state index is 11.4. The van der Waals surface area contributed by atoms with Gasteiger partial charge in [0.15, 0.2) is 0 Å². The number of aliphatic carboxylic acids is 1. The molecule has 1 heterocycles. The van der Waals surface area contributed by atoms with E-state index in [1.807, 2.05) is 0 Å². The van der Waals surface area contributed by atoms with E-state index in [9.17, 15) is 14.7 Å². The van der Waals surface area contributed by atoms with Crippen molar-refractivity contribution >= 4 is 23.3 Å². The van der Waals surface area contributed by atoms with Crippen molar-refractivity contribution in [3.63, 3.8) is 0 Å². The number of carboxylic acids is 1. The summed E-state index contributed by atoms with van der Waals surface area (Å²) in [5, 5.41) is 23.2. The Kier molecular flexibility index (Phi) is 5.05. The zero-order valence-corrected chi connectivity index (χ0v) is 10.7. The zero-order valence-electron chi connectivity index (χ0n) is 9.84. The van der Waals surface area contributed by atoms with Crippen LogP contribution in [0.5, 0.6) is 0 Å². The van der Waals surface area contributed by atoms with E-state index in [1.165, 1.54) is 18.3 Å². The molecule has 1 aromatic rings. The van der Waals surface area contributed by atoms with Gasteiger partial charge >= 0.3 is 12.0 Å². The van der Waals surface area contributed by atoms with E-state index in [4.69, 9.17) is 5.11 Å². The molecule has 0 saturated heterocycles. The molecular weight excluding hydrogens is 258 g/mol. The Bertz CT molecular complexity index is 405. The summed E-state index contributed by atoms with van der Waals surface area (Å²) in [4.78, 5) is 26.6. The molecule has 8 heteroatoms. The van der Waals surface area contributed by atoms with Gasteiger partial charge in [-0.2, -0.15) is 0 Å².